The molecule has 5 nitrogen and oxygen atoms in total. The molecule has 0 aliphatic carbocycles. The van der Waals surface area contributed by atoms with E-state index in [1.54, 1.807) is 24.0 Å². The maximum absolute atomic E-state index is 12.5. The molecule has 116 valence electrons. The smallest absolute Gasteiger partial charge is 0.272 e. The topological polar surface area (TPSA) is 47.4 Å². The van der Waals surface area contributed by atoms with Gasteiger partial charge in [-0.05, 0) is 23.8 Å². The van der Waals surface area contributed by atoms with E-state index in [0.717, 1.165) is 17.0 Å². The van der Waals surface area contributed by atoms with Crippen LogP contribution in [0.5, 0.6) is 0 Å². The van der Waals surface area contributed by atoms with E-state index in [1.165, 1.54) is 0 Å². The molecule has 22 heavy (non-hydrogen) atoms. The Labute approximate surface area is 134 Å². The molecule has 0 unspecified atom stereocenters. The number of amides is 1. The van der Waals surface area contributed by atoms with Crippen LogP contribution in [0, 0.1) is 0 Å². The Kier molecular flexibility index (Phi) is 4.45. The van der Waals surface area contributed by atoms with Gasteiger partial charge in [0.1, 0.15) is 5.69 Å². The lowest BCUT2D eigenvalue weighted by molar-refractivity contribution is -0.0211. The first kappa shape index (κ1) is 15.1. The maximum atomic E-state index is 12.5. The summed E-state index contributed by atoms with van der Waals surface area (Å²) >= 11 is 6.01. The van der Waals surface area contributed by atoms with Crippen molar-refractivity contribution >= 4 is 17.5 Å². The molecule has 1 amide bonds. The zero-order valence-electron chi connectivity index (χ0n) is 12.4. The number of ether oxygens (including phenoxy) is 1. The molecule has 0 saturated carbocycles. The van der Waals surface area contributed by atoms with Gasteiger partial charge in [0, 0.05) is 37.8 Å². The van der Waals surface area contributed by atoms with Crippen molar-refractivity contribution in [2.24, 2.45) is 7.05 Å². The fraction of sp³-hybridized carbons (Fsp3) is 0.375. The molecule has 0 bridgehead atoms. The van der Waals surface area contributed by atoms with Gasteiger partial charge in [0.25, 0.3) is 5.91 Å². The van der Waals surface area contributed by atoms with Crippen LogP contribution in [0.2, 0.25) is 5.02 Å². The van der Waals surface area contributed by atoms with Crippen molar-refractivity contribution in [1.29, 1.82) is 0 Å². The second-order valence-electron chi connectivity index (χ2n) is 5.42. The highest BCUT2D eigenvalue weighted by Gasteiger charge is 2.26. The average molecular weight is 320 g/mol. The van der Waals surface area contributed by atoms with Crippen molar-refractivity contribution in [1.82, 2.24) is 14.7 Å². The minimum absolute atomic E-state index is 0.000561. The van der Waals surface area contributed by atoms with Gasteiger partial charge in [-0.3, -0.25) is 9.48 Å². The Morgan fingerprint density at radius 1 is 1.45 bits per heavy atom. The van der Waals surface area contributed by atoms with Crippen molar-refractivity contribution in [2.75, 3.05) is 19.7 Å². The fourth-order valence-electron chi connectivity index (χ4n) is 2.70. The van der Waals surface area contributed by atoms with Crippen molar-refractivity contribution < 1.29 is 9.53 Å². The van der Waals surface area contributed by atoms with Crippen LogP contribution in [0.3, 0.4) is 0 Å². The summed E-state index contributed by atoms with van der Waals surface area (Å²) in [4.78, 5) is 14.4. The number of halogens is 1. The van der Waals surface area contributed by atoms with Crippen LogP contribution in [0.25, 0.3) is 0 Å². The number of hydrogen-bond acceptors (Lipinski definition) is 3. The van der Waals surface area contributed by atoms with Gasteiger partial charge in [-0.2, -0.15) is 5.10 Å². The monoisotopic (exact) mass is 319 g/mol. The third-order valence-electron chi connectivity index (χ3n) is 3.82. The summed E-state index contributed by atoms with van der Waals surface area (Å²) in [6, 6.07) is 9.48. The van der Waals surface area contributed by atoms with Crippen molar-refractivity contribution in [3.05, 3.63) is 52.8 Å². The fourth-order valence-corrected chi connectivity index (χ4v) is 2.91. The van der Waals surface area contributed by atoms with E-state index in [4.69, 9.17) is 16.3 Å². The maximum Gasteiger partial charge on any atom is 0.272 e. The molecule has 0 N–H and O–H groups in total. The molecule has 2 aromatic rings. The Morgan fingerprint density at radius 2 is 2.32 bits per heavy atom. The highest BCUT2D eigenvalue weighted by molar-refractivity contribution is 6.30. The second-order valence-corrected chi connectivity index (χ2v) is 5.85. The number of aromatic nitrogens is 2. The second kappa shape index (κ2) is 6.50. The lowest BCUT2D eigenvalue weighted by Gasteiger charge is -2.33. The summed E-state index contributed by atoms with van der Waals surface area (Å²) in [5.74, 6) is -0.000561. The van der Waals surface area contributed by atoms with Crippen molar-refractivity contribution in [2.45, 2.75) is 12.5 Å². The molecule has 2 heterocycles. The van der Waals surface area contributed by atoms with Crippen molar-refractivity contribution in [3.8, 4) is 0 Å². The summed E-state index contributed by atoms with van der Waals surface area (Å²) in [5.41, 5.74) is 1.72. The van der Waals surface area contributed by atoms with Gasteiger partial charge in [0.05, 0.1) is 12.7 Å². The molecular formula is C16H18ClN3O2. The van der Waals surface area contributed by atoms with E-state index in [-0.39, 0.29) is 12.0 Å². The zero-order valence-corrected chi connectivity index (χ0v) is 13.2. The average Bonchev–Trinajstić information content (AvgIpc) is 2.93. The molecule has 1 aromatic heterocycles. The number of carbonyl (C=O) groups is 1. The Hall–Kier alpha value is -1.85. The van der Waals surface area contributed by atoms with Crippen LogP contribution in [0.1, 0.15) is 16.1 Å². The molecule has 1 aliphatic rings. The first-order chi connectivity index (χ1) is 10.6. The molecule has 3 rings (SSSR count). The van der Waals surface area contributed by atoms with Gasteiger partial charge in [-0.15, -0.1) is 0 Å². The number of carbonyl (C=O) groups excluding carboxylic acids is 1. The van der Waals surface area contributed by atoms with Gasteiger partial charge in [0.15, 0.2) is 0 Å². The minimum Gasteiger partial charge on any atom is -0.374 e. The number of benzene rings is 1. The summed E-state index contributed by atoms with van der Waals surface area (Å²) in [7, 11) is 1.77. The van der Waals surface area contributed by atoms with E-state index in [2.05, 4.69) is 5.10 Å². The quantitative estimate of drug-likeness (QED) is 0.871. The Balaban J connectivity index is 1.67. The normalized spacial score (nSPS) is 18.5. The number of nitrogens with zero attached hydrogens (tertiary/aromatic N) is 3. The number of hydrogen-bond donors (Lipinski definition) is 0. The van der Waals surface area contributed by atoms with Crippen LogP contribution >= 0.6 is 11.6 Å². The van der Waals surface area contributed by atoms with E-state index >= 15 is 0 Å². The lowest BCUT2D eigenvalue weighted by Crippen LogP contribution is -2.46. The van der Waals surface area contributed by atoms with Crippen LogP contribution in [-0.2, 0) is 18.2 Å². The molecule has 6 heteroatoms. The van der Waals surface area contributed by atoms with E-state index < -0.39 is 0 Å². The molecule has 0 radical (unpaired) electrons. The molecular weight excluding hydrogens is 302 g/mol. The first-order valence-electron chi connectivity index (χ1n) is 7.27. The first-order valence-corrected chi connectivity index (χ1v) is 7.64. The lowest BCUT2D eigenvalue weighted by atomic mass is 10.1. The summed E-state index contributed by atoms with van der Waals surface area (Å²) < 4.78 is 7.39. The molecule has 1 aromatic carbocycles. The van der Waals surface area contributed by atoms with Gasteiger partial charge in [0.2, 0.25) is 0 Å². The van der Waals surface area contributed by atoms with E-state index in [1.807, 2.05) is 29.2 Å². The predicted octanol–water partition coefficient (Wildman–Crippen LogP) is 2.16. The Morgan fingerprint density at radius 3 is 3.05 bits per heavy atom. The highest BCUT2D eigenvalue weighted by atomic mass is 35.5. The van der Waals surface area contributed by atoms with Crippen LogP contribution in [0.15, 0.2) is 36.5 Å². The molecule has 1 saturated heterocycles. The summed E-state index contributed by atoms with van der Waals surface area (Å²) in [6.07, 6.45) is 2.37. The van der Waals surface area contributed by atoms with Gasteiger partial charge >= 0.3 is 0 Å². The molecule has 0 spiro atoms. The third kappa shape index (κ3) is 3.31. The molecule has 1 fully saturated rings. The summed E-state index contributed by atoms with van der Waals surface area (Å²) in [6.45, 7) is 1.74. The van der Waals surface area contributed by atoms with Gasteiger partial charge < -0.3 is 9.64 Å². The zero-order chi connectivity index (χ0) is 15.5. The number of morpholine rings is 1. The van der Waals surface area contributed by atoms with Crippen LogP contribution in [-0.4, -0.2) is 46.4 Å². The molecule has 1 aliphatic heterocycles. The summed E-state index contributed by atoms with van der Waals surface area (Å²) in [5, 5.41) is 4.77. The van der Waals surface area contributed by atoms with Gasteiger partial charge in [-0.25, -0.2) is 0 Å². The predicted molar refractivity (Wildman–Crippen MR) is 84.0 cm³/mol. The largest absolute Gasteiger partial charge is 0.374 e. The molecule has 1 atom stereocenters. The standard InChI is InChI=1S/C16H18ClN3O2/c1-19-15(5-6-18-19)16(21)20-7-8-22-14(11-20)10-12-3-2-4-13(17)9-12/h2-6,9,14H,7-8,10-11H2,1H3/t14-/m0/s1. The van der Waals surface area contributed by atoms with E-state index in [0.29, 0.717) is 25.4 Å². The minimum atomic E-state index is -0.00982. The Bertz CT molecular complexity index is 671. The van der Waals surface area contributed by atoms with Crippen LogP contribution < -0.4 is 0 Å². The third-order valence-corrected chi connectivity index (χ3v) is 4.05. The SMILES string of the molecule is Cn1nccc1C(=O)N1CCO[C@@H](Cc2cccc(Cl)c2)C1. The van der Waals surface area contributed by atoms with Crippen molar-refractivity contribution in [3.63, 3.8) is 0 Å². The number of aryl methyl sites for hydroxylation is 1. The van der Waals surface area contributed by atoms with Crippen LogP contribution in [0.4, 0.5) is 0 Å². The van der Waals surface area contributed by atoms with E-state index in [9.17, 15) is 4.79 Å². The van der Waals surface area contributed by atoms with Gasteiger partial charge in [-0.1, -0.05) is 23.7 Å². The number of rotatable bonds is 3. The highest BCUT2D eigenvalue weighted by Crippen LogP contribution is 2.17.